The van der Waals surface area contributed by atoms with Crippen LogP contribution in [0.3, 0.4) is 0 Å². The van der Waals surface area contributed by atoms with Gasteiger partial charge in [-0.05, 0) is 31.6 Å². The highest BCUT2D eigenvalue weighted by atomic mass is 16.5. The summed E-state index contributed by atoms with van der Waals surface area (Å²) in [6.07, 6.45) is 3.88. The van der Waals surface area contributed by atoms with Gasteiger partial charge in [-0.3, -0.25) is 4.79 Å². The van der Waals surface area contributed by atoms with Gasteiger partial charge in [-0.1, -0.05) is 13.8 Å². The smallest absolute Gasteiger partial charge is 0.230 e. The summed E-state index contributed by atoms with van der Waals surface area (Å²) in [4.78, 5) is 14.7. The van der Waals surface area contributed by atoms with Crippen LogP contribution in [0.1, 0.15) is 39.5 Å². The summed E-state index contributed by atoms with van der Waals surface area (Å²) in [6, 6.07) is 0. The number of nitrogens with zero attached hydrogens (tertiary/aromatic N) is 1. The van der Waals surface area contributed by atoms with Gasteiger partial charge >= 0.3 is 0 Å². The van der Waals surface area contributed by atoms with Crippen molar-refractivity contribution < 1.29 is 9.53 Å². The number of hydrogen-bond donors (Lipinski definition) is 1. The number of likely N-dealkylation sites (tertiary alicyclic amines) is 1. The van der Waals surface area contributed by atoms with Crippen molar-refractivity contribution in [2.24, 2.45) is 17.1 Å². The van der Waals surface area contributed by atoms with E-state index in [2.05, 4.69) is 13.8 Å². The quantitative estimate of drug-likeness (QED) is 0.786. The molecular weight excluding hydrogens is 228 g/mol. The molecule has 1 fully saturated rings. The van der Waals surface area contributed by atoms with Crippen LogP contribution in [0.25, 0.3) is 0 Å². The third-order valence-electron chi connectivity index (χ3n) is 4.41. The minimum absolute atomic E-state index is 0.246. The summed E-state index contributed by atoms with van der Waals surface area (Å²) in [6.45, 7) is 7.02. The predicted octanol–water partition coefficient (Wildman–Crippen LogP) is 1.64. The predicted molar refractivity (Wildman–Crippen MR) is 73.2 cm³/mol. The minimum Gasteiger partial charge on any atom is -0.384 e. The van der Waals surface area contributed by atoms with Crippen molar-refractivity contribution in [2.75, 3.05) is 33.4 Å². The minimum atomic E-state index is -0.352. The Kier molecular flexibility index (Phi) is 6.09. The highest BCUT2D eigenvalue weighted by Crippen LogP contribution is 2.30. The number of carbonyl (C=O) groups is 1. The van der Waals surface area contributed by atoms with E-state index in [4.69, 9.17) is 10.5 Å². The van der Waals surface area contributed by atoms with Gasteiger partial charge in [0.05, 0.1) is 12.0 Å². The molecule has 1 atom stereocenters. The van der Waals surface area contributed by atoms with Gasteiger partial charge in [0.2, 0.25) is 5.91 Å². The van der Waals surface area contributed by atoms with E-state index in [1.54, 1.807) is 7.11 Å². The largest absolute Gasteiger partial charge is 0.384 e. The number of hydrogen-bond acceptors (Lipinski definition) is 3. The SMILES string of the molecule is CCC(CC)(CN)C(=O)N1CCCC(COC)C1. The van der Waals surface area contributed by atoms with Crippen LogP contribution >= 0.6 is 0 Å². The van der Waals surface area contributed by atoms with Crippen molar-refractivity contribution in [1.29, 1.82) is 0 Å². The van der Waals surface area contributed by atoms with Crippen molar-refractivity contribution in [2.45, 2.75) is 39.5 Å². The average Bonchev–Trinajstić information content (AvgIpc) is 2.42. The Bertz CT molecular complexity index is 254. The summed E-state index contributed by atoms with van der Waals surface area (Å²) in [7, 11) is 1.73. The fourth-order valence-electron chi connectivity index (χ4n) is 2.89. The number of nitrogens with two attached hydrogens (primary N) is 1. The topological polar surface area (TPSA) is 55.6 Å². The molecule has 1 saturated heterocycles. The fraction of sp³-hybridized carbons (Fsp3) is 0.929. The van der Waals surface area contributed by atoms with Crippen molar-refractivity contribution in [3.8, 4) is 0 Å². The van der Waals surface area contributed by atoms with Crippen LogP contribution in [0.15, 0.2) is 0 Å². The number of carbonyl (C=O) groups excluding carboxylic acids is 1. The van der Waals surface area contributed by atoms with E-state index in [0.29, 0.717) is 12.5 Å². The lowest BCUT2D eigenvalue weighted by Crippen LogP contribution is -2.51. The maximum absolute atomic E-state index is 12.7. The summed E-state index contributed by atoms with van der Waals surface area (Å²) in [5, 5.41) is 0. The standard InChI is InChI=1S/C14H28N2O2/c1-4-14(5-2,11-15)13(17)16-8-6-7-12(9-16)10-18-3/h12H,4-11,15H2,1-3H3. The van der Waals surface area contributed by atoms with Gasteiger partial charge in [0.25, 0.3) is 0 Å². The first-order valence-corrected chi connectivity index (χ1v) is 7.11. The van der Waals surface area contributed by atoms with Gasteiger partial charge in [0, 0.05) is 26.7 Å². The van der Waals surface area contributed by atoms with Crippen molar-refractivity contribution in [1.82, 2.24) is 4.90 Å². The Balaban J connectivity index is 2.70. The zero-order chi connectivity index (χ0) is 13.6. The zero-order valence-electron chi connectivity index (χ0n) is 12.1. The van der Waals surface area contributed by atoms with E-state index >= 15 is 0 Å². The first kappa shape index (κ1) is 15.4. The lowest BCUT2D eigenvalue weighted by Gasteiger charge is -2.39. The van der Waals surface area contributed by atoms with Crippen LogP contribution in [0.2, 0.25) is 0 Å². The summed E-state index contributed by atoms with van der Waals surface area (Å²) < 4.78 is 5.21. The lowest BCUT2D eigenvalue weighted by atomic mass is 9.80. The van der Waals surface area contributed by atoms with E-state index in [9.17, 15) is 4.79 Å². The Hall–Kier alpha value is -0.610. The highest BCUT2D eigenvalue weighted by Gasteiger charge is 2.38. The Morgan fingerprint density at radius 2 is 2.11 bits per heavy atom. The third-order valence-corrected chi connectivity index (χ3v) is 4.41. The molecule has 0 aliphatic carbocycles. The summed E-state index contributed by atoms with van der Waals surface area (Å²) >= 11 is 0. The number of piperidine rings is 1. The molecule has 106 valence electrons. The Labute approximate surface area is 111 Å². The van der Waals surface area contributed by atoms with Gasteiger partial charge < -0.3 is 15.4 Å². The van der Waals surface area contributed by atoms with Gasteiger partial charge in [-0.15, -0.1) is 0 Å². The Morgan fingerprint density at radius 3 is 2.61 bits per heavy atom. The molecule has 0 aromatic carbocycles. The van der Waals surface area contributed by atoms with Crippen LogP contribution in [-0.4, -0.2) is 44.2 Å². The second kappa shape index (κ2) is 7.10. The molecule has 4 heteroatoms. The maximum Gasteiger partial charge on any atom is 0.230 e. The molecule has 0 bridgehead atoms. The van der Waals surface area contributed by atoms with Crippen LogP contribution in [0, 0.1) is 11.3 Å². The monoisotopic (exact) mass is 256 g/mol. The summed E-state index contributed by atoms with van der Waals surface area (Å²) in [5.41, 5.74) is 5.51. The molecular formula is C14H28N2O2. The molecule has 0 spiro atoms. The van der Waals surface area contributed by atoms with Crippen LogP contribution < -0.4 is 5.73 Å². The maximum atomic E-state index is 12.7. The molecule has 0 aromatic heterocycles. The Morgan fingerprint density at radius 1 is 1.44 bits per heavy atom. The molecule has 1 aliphatic heterocycles. The molecule has 4 nitrogen and oxygen atoms in total. The normalized spacial score (nSPS) is 21.1. The summed E-state index contributed by atoms with van der Waals surface area (Å²) in [5.74, 6) is 0.729. The van der Waals surface area contributed by atoms with Crippen LogP contribution in [0.5, 0.6) is 0 Å². The second-order valence-corrected chi connectivity index (χ2v) is 5.41. The fourth-order valence-corrected chi connectivity index (χ4v) is 2.89. The lowest BCUT2D eigenvalue weighted by molar-refractivity contribution is -0.144. The van der Waals surface area contributed by atoms with Crippen molar-refractivity contribution in [3.63, 3.8) is 0 Å². The molecule has 1 unspecified atom stereocenters. The molecule has 1 aliphatic rings. The van der Waals surface area contributed by atoms with Crippen molar-refractivity contribution >= 4 is 5.91 Å². The van der Waals surface area contributed by atoms with Crippen LogP contribution in [0.4, 0.5) is 0 Å². The number of amides is 1. The van der Waals surface area contributed by atoms with Gasteiger partial charge in [0.15, 0.2) is 0 Å². The van der Waals surface area contributed by atoms with Gasteiger partial charge in [-0.2, -0.15) is 0 Å². The third kappa shape index (κ3) is 3.23. The van der Waals surface area contributed by atoms with E-state index in [0.717, 1.165) is 45.4 Å². The first-order chi connectivity index (χ1) is 8.63. The highest BCUT2D eigenvalue weighted by molar-refractivity contribution is 5.83. The number of methoxy groups -OCH3 is 1. The van der Waals surface area contributed by atoms with Crippen molar-refractivity contribution in [3.05, 3.63) is 0 Å². The molecule has 18 heavy (non-hydrogen) atoms. The van der Waals surface area contributed by atoms with Crippen LogP contribution in [-0.2, 0) is 9.53 Å². The molecule has 0 saturated carbocycles. The molecule has 2 N–H and O–H groups in total. The van der Waals surface area contributed by atoms with E-state index < -0.39 is 0 Å². The molecule has 0 aromatic rings. The number of ether oxygens (including phenoxy) is 1. The van der Waals surface area contributed by atoms with Gasteiger partial charge in [0.1, 0.15) is 0 Å². The zero-order valence-corrected chi connectivity index (χ0v) is 12.1. The average molecular weight is 256 g/mol. The molecule has 1 rings (SSSR count). The van der Waals surface area contributed by atoms with E-state index in [1.165, 1.54) is 0 Å². The first-order valence-electron chi connectivity index (χ1n) is 7.11. The second-order valence-electron chi connectivity index (χ2n) is 5.41. The van der Waals surface area contributed by atoms with E-state index in [-0.39, 0.29) is 11.3 Å². The molecule has 1 heterocycles. The van der Waals surface area contributed by atoms with Gasteiger partial charge in [-0.25, -0.2) is 0 Å². The molecule has 1 amide bonds. The molecule has 0 radical (unpaired) electrons. The number of rotatable bonds is 6. The van der Waals surface area contributed by atoms with E-state index in [1.807, 2.05) is 4.90 Å².